The van der Waals surface area contributed by atoms with Gasteiger partial charge in [0.1, 0.15) is 11.9 Å². The second kappa shape index (κ2) is 6.94. The molecule has 1 aromatic rings. The number of morpholine rings is 1. The molecule has 1 amide bonds. The summed E-state index contributed by atoms with van der Waals surface area (Å²) < 4.78 is 10.9. The second-order valence-electron chi connectivity index (χ2n) is 4.56. The topological polar surface area (TPSA) is 97.4 Å². The average molecular weight is 293 g/mol. The molecule has 7 heteroatoms. The Balaban J connectivity index is 2.16. The van der Waals surface area contributed by atoms with E-state index in [2.05, 4.69) is 5.16 Å². The van der Waals surface area contributed by atoms with Crippen molar-refractivity contribution in [3.8, 4) is 5.75 Å². The smallest absolute Gasteiger partial charge is 0.257 e. The summed E-state index contributed by atoms with van der Waals surface area (Å²) in [6.07, 6.45) is -0.591. The Morgan fingerprint density at radius 2 is 2.33 bits per heavy atom. The number of hydrogen-bond acceptors (Lipinski definition) is 5. The highest BCUT2D eigenvalue weighted by Gasteiger charge is 2.28. The van der Waals surface area contributed by atoms with Crippen molar-refractivity contribution < 1.29 is 19.5 Å². The number of amides is 1. The molecule has 1 atom stereocenters. The van der Waals surface area contributed by atoms with Crippen LogP contribution >= 0.6 is 0 Å². The van der Waals surface area contributed by atoms with Gasteiger partial charge in [0.15, 0.2) is 5.84 Å². The van der Waals surface area contributed by atoms with Crippen LogP contribution in [-0.2, 0) is 4.74 Å². The molecule has 7 nitrogen and oxygen atoms in total. The standard InChI is InChI=1S/C14H19N3O4/c1-2-20-11-6-4-3-5-10(11)14(18)17-7-8-21-12(9-17)13(15)16-19/h3-6,12,19H,2,7-9H2,1H3,(H2,15,16). The van der Waals surface area contributed by atoms with Crippen LogP contribution in [0.15, 0.2) is 29.4 Å². The number of ether oxygens (including phenoxy) is 2. The van der Waals surface area contributed by atoms with Gasteiger partial charge in [-0.15, -0.1) is 0 Å². The Morgan fingerprint density at radius 1 is 1.57 bits per heavy atom. The molecule has 1 aromatic carbocycles. The van der Waals surface area contributed by atoms with Crippen LogP contribution in [-0.4, -0.2) is 54.3 Å². The summed E-state index contributed by atoms with van der Waals surface area (Å²) in [6, 6.07) is 7.09. The van der Waals surface area contributed by atoms with E-state index in [4.69, 9.17) is 20.4 Å². The van der Waals surface area contributed by atoms with Crippen LogP contribution in [0.4, 0.5) is 0 Å². The molecule has 0 aliphatic carbocycles. The lowest BCUT2D eigenvalue weighted by atomic mass is 10.1. The third-order valence-electron chi connectivity index (χ3n) is 3.22. The molecule has 1 unspecified atom stereocenters. The fraction of sp³-hybridized carbons (Fsp3) is 0.429. The molecular weight excluding hydrogens is 274 g/mol. The average Bonchev–Trinajstić information content (AvgIpc) is 2.54. The van der Waals surface area contributed by atoms with Crippen LogP contribution in [0.3, 0.4) is 0 Å². The van der Waals surface area contributed by atoms with E-state index in [-0.39, 0.29) is 18.3 Å². The van der Waals surface area contributed by atoms with Gasteiger partial charge in [-0.3, -0.25) is 4.79 Å². The number of nitrogens with zero attached hydrogens (tertiary/aromatic N) is 2. The van der Waals surface area contributed by atoms with Crippen molar-refractivity contribution in [2.45, 2.75) is 13.0 Å². The molecule has 21 heavy (non-hydrogen) atoms. The van der Waals surface area contributed by atoms with Gasteiger partial charge in [-0.05, 0) is 19.1 Å². The summed E-state index contributed by atoms with van der Waals surface area (Å²) in [7, 11) is 0. The highest BCUT2D eigenvalue weighted by atomic mass is 16.5. The molecule has 0 radical (unpaired) electrons. The molecule has 1 fully saturated rings. The quantitative estimate of drug-likeness (QED) is 0.368. The number of carbonyl (C=O) groups is 1. The number of rotatable bonds is 4. The summed E-state index contributed by atoms with van der Waals surface area (Å²) >= 11 is 0. The molecule has 0 spiro atoms. The predicted octanol–water partition coefficient (Wildman–Crippen LogP) is 0.673. The maximum absolute atomic E-state index is 12.6. The summed E-state index contributed by atoms with van der Waals surface area (Å²) in [5.74, 6) is 0.362. The number of para-hydroxylation sites is 1. The molecule has 0 aromatic heterocycles. The minimum absolute atomic E-state index is 0.0365. The van der Waals surface area contributed by atoms with Crippen LogP contribution < -0.4 is 10.5 Å². The fourth-order valence-corrected chi connectivity index (χ4v) is 2.17. The van der Waals surface area contributed by atoms with Crippen molar-refractivity contribution in [2.75, 3.05) is 26.3 Å². The van der Waals surface area contributed by atoms with E-state index in [0.717, 1.165) is 0 Å². The lowest BCUT2D eigenvalue weighted by molar-refractivity contribution is 0.00659. The molecule has 1 aliphatic rings. The summed E-state index contributed by atoms with van der Waals surface area (Å²) in [4.78, 5) is 14.2. The largest absolute Gasteiger partial charge is 0.493 e. The maximum atomic E-state index is 12.6. The van der Waals surface area contributed by atoms with E-state index in [0.29, 0.717) is 31.1 Å². The number of carbonyl (C=O) groups excluding carboxylic acids is 1. The summed E-state index contributed by atoms with van der Waals surface area (Å²) in [5.41, 5.74) is 6.04. The minimum atomic E-state index is -0.591. The van der Waals surface area contributed by atoms with Crippen molar-refractivity contribution in [2.24, 2.45) is 10.9 Å². The van der Waals surface area contributed by atoms with Crippen LogP contribution in [0.2, 0.25) is 0 Å². The predicted molar refractivity (Wildman–Crippen MR) is 76.7 cm³/mol. The van der Waals surface area contributed by atoms with Crippen LogP contribution in [0, 0.1) is 0 Å². The molecular formula is C14H19N3O4. The number of benzene rings is 1. The molecule has 2 rings (SSSR count). The van der Waals surface area contributed by atoms with Gasteiger partial charge in [-0.2, -0.15) is 0 Å². The van der Waals surface area contributed by atoms with Crippen molar-refractivity contribution in [1.82, 2.24) is 4.90 Å². The van der Waals surface area contributed by atoms with Crippen molar-refractivity contribution in [1.29, 1.82) is 0 Å². The highest BCUT2D eigenvalue weighted by molar-refractivity contribution is 5.97. The van der Waals surface area contributed by atoms with Gasteiger partial charge < -0.3 is 25.3 Å². The maximum Gasteiger partial charge on any atom is 0.257 e. The lowest BCUT2D eigenvalue weighted by Gasteiger charge is -2.32. The number of nitrogens with two attached hydrogens (primary N) is 1. The van der Waals surface area contributed by atoms with E-state index >= 15 is 0 Å². The summed E-state index contributed by atoms with van der Waals surface area (Å²) in [5, 5.41) is 11.6. The fourth-order valence-electron chi connectivity index (χ4n) is 2.17. The van der Waals surface area contributed by atoms with Gasteiger partial charge in [-0.1, -0.05) is 17.3 Å². The molecule has 1 heterocycles. The first-order valence-corrected chi connectivity index (χ1v) is 6.77. The minimum Gasteiger partial charge on any atom is -0.493 e. The molecule has 3 N–H and O–H groups in total. The Morgan fingerprint density at radius 3 is 3.05 bits per heavy atom. The SMILES string of the molecule is CCOc1ccccc1C(=O)N1CCOC(C(N)=NO)C1. The van der Waals surface area contributed by atoms with Crippen LogP contribution in [0.5, 0.6) is 5.75 Å². The Kier molecular flexibility index (Phi) is 4.99. The molecule has 1 saturated heterocycles. The van der Waals surface area contributed by atoms with Gasteiger partial charge in [0.05, 0.1) is 25.3 Å². The number of oxime groups is 1. The summed E-state index contributed by atoms with van der Waals surface area (Å²) in [6.45, 7) is 3.39. The third-order valence-corrected chi connectivity index (χ3v) is 3.22. The van der Waals surface area contributed by atoms with Crippen molar-refractivity contribution in [3.63, 3.8) is 0 Å². The molecule has 114 valence electrons. The molecule has 0 bridgehead atoms. The third kappa shape index (κ3) is 3.43. The monoisotopic (exact) mass is 293 g/mol. The first-order chi connectivity index (χ1) is 10.2. The number of amidine groups is 1. The van der Waals surface area contributed by atoms with Crippen molar-refractivity contribution >= 4 is 11.7 Å². The van der Waals surface area contributed by atoms with Crippen molar-refractivity contribution in [3.05, 3.63) is 29.8 Å². The zero-order chi connectivity index (χ0) is 15.2. The van der Waals surface area contributed by atoms with Gasteiger partial charge in [0, 0.05) is 6.54 Å². The molecule has 1 aliphatic heterocycles. The lowest BCUT2D eigenvalue weighted by Crippen LogP contribution is -2.50. The van der Waals surface area contributed by atoms with E-state index in [1.54, 1.807) is 23.1 Å². The van der Waals surface area contributed by atoms with Gasteiger partial charge >= 0.3 is 0 Å². The van der Waals surface area contributed by atoms with Gasteiger partial charge in [0.2, 0.25) is 0 Å². The Hall–Kier alpha value is -2.28. The molecule has 0 saturated carbocycles. The Labute approximate surface area is 122 Å². The van der Waals surface area contributed by atoms with Gasteiger partial charge in [-0.25, -0.2) is 0 Å². The first kappa shape index (κ1) is 15.1. The van der Waals surface area contributed by atoms with E-state index in [1.807, 2.05) is 13.0 Å². The van der Waals surface area contributed by atoms with E-state index in [1.165, 1.54) is 0 Å². The van der Waals surface area contributed by atoms with E-state index in [9.17, 15) is 4.79 Å². The Bertz CT molecular complexity index is 533. The first-order valence-electron chi connectivity index (χ1n) is 6.77. The zero-order valence-corrected chi connectivity index (χ0v) is 11.9. The van der Waals surface area contributed by atoms with Crippen LogP contribution in [0.25, 0.3) is 0 Å². The second-order valence-corrected chi connectivity index (χ2v) is 4.56. The van der Waals surface area contributed by atoms with Crippen LogP contribution in [0.1, 0.15) is 17.3 Å². The normalized spacial score (nSPS) is 19.4. The van der Waals surface area contributed by atoms with Gasteiger partial charge in [0.25, 0.3) is 5.91 Å². The van der Waals surface area contributed by atoms with E-state index < -0.39 is 6.10 Å². The highest BCUT2D eigenvalue weighted by Crippen LogP contribution is 2.21. The zero-order valence-electron chi connectivity index (χ0n) is 11.9. The number of hydrogen-bond donors (Lipinski definition) is 2.